The Morgan fingerprint density at radius 3 is 2.00 bits per heavy atom. The van der Waals surface area contributed by atoms with Gasteiger partial charge in [-0.1, -0.05) is 0 Å². The smallest absolute Gasteiger partial charge is 1.00 e. The predicted octanol–water partition coefficient (Wildman–Crippen LogP) is -0.215. The standard InChI is InChI=1S/CHNO4.Mg.2H/c3-1(4)2(5)6;;;/h(H,3,4);;;/q;+2;2*-1. The quantitative estimate of drug-likeness (QED) is 0.270. The minimum atomic E-state index is -2.02. The fraction of sp³-hybridized carbons (Fsp3) is 0. The van der Waals surface area contributed by atoms with Crippen LogP contribution in [0.15, 0.2) is 0 Å². The van der Waals surface area contributed by atoms with E-state index in [1.165, 1.54) is 0 Å². The average Bonchev–Trinajstić information content (AvgIpc) is 1.36. The van der Waals surface area contributed by atoms with Crippen LogP contribution in [-0.4, -0.2) is 39.2 Å². The molecule has 0 radical (unpaired) electrons. The number of carbonyl (C=O) groups is 1. The van der Waals surface area contributed by atoms with Crippen LogP contribution < -0.4 is 0 Å². The fourth-order valence-electron chi connectivity index (χ4n) is 0. The number of carboxylic acid groups (broad SMARTS) is 1. The maximum Gasteiger partial charge on any atom is 2.00 e. The van der Waals surface area contributed by atoms with Gasteiger partial charge in [-0.25, -0.2) is 0 Å². The van der Waals surface area contributed by atoms with Crippen molar-refractivity contribution in [2.45, 2.75) is 0 Å². The van der Waals surface area contributed by atoms with Crippen LogP contribution in [0.3, 0.4) is 0 Å². The molecule has 38 valence electrons. The van der Waals surface area contributed by atoms with Crippen molar-refractivity contribution in [3.05, 3.63) is 10.1 Å². The molecular formula is CH3MgNO4. The summed E-state index contributed by atoms with van der Waals surface area (Å²) < 4.78 is 0. The first-order valence-corrected chi connectivity index (χ1v) is 1.02. The van der Waals surface area contributed by atoms with Gasteiger partial charge >= 0.3 is 29.1 Å². The zero-order valence-electron chi connectivity index (χ0n) is 5.33. The summed E-state index contributed by atoms with van der Waals surface area (Å²) in [7, 11) is 0. The molecule has 0 fully saturated rings. The van der Waals surface area contributed by atoms with Gasteiger partial charge in [0.1, 0.15) is 4.92 Å². The third-order valence-electron chi connectivity index (χ3n) is 0.156. The molecule has 0 aliphatic carbocycles. The van der Waals surface area contributed by atoms with Gasteiger partial charge < -0.3 is 7.96 Å². The third kappa shape index (κ3) is 5.64. The van der Waals surface area contributed by atoms with Gasteiger partial charge in [-0.05, 0) is 0 Å². The number of amides is 1. The van der Waals surface area contributed by atoms with E-state index in [0.29, 0.717) is 0 Å². The maximum atomic E-state index is 9.00. The molecule has 1 N–H and O–H groups in total. The first kappa shape index (κ1) is 9.81. The van der Waals surface area contributed by atoms with Crippen LogP contribution in [0, 0.1) is 10.1 Å². The van der Waals surface area contributed by atoms with Gasteiger partial charge in [0.15, 0.2) is 0 Å². The Kier molecular flexibility index (Phi) is 5.34. The molecule has 0 aliphatic heterocycles. The second-order valence-electron chi connectivity index (χ2n) is 0.540. The van der Waals surface area contributed by atoms with E-state index in [1.54, 1.807) is 0 Å². The monoisotopic (exact) mass is 117 g/mol. The SMILES string of the molecule is O=C(O)[N+](=O)[O-].[H-].[H-].[Mg+2]. The summed E-state index contributed by atoms with van der Waals surface area (Å²) in [6.45, 7) is 0. The largest absolute Gasteiger partial charge is 2.00 e. The molecule has 0 saturated carbocycles. The molecule has 0 aromatic rings. The van der Waals surface area contributed by atoms with Gasteiger partial charge in [0.25, 0.3) is 0 Å². The Hall–Kier alpha value is -0.364. The summed E-state index contributed by atoms with van der Waals surface area (Å²) in [5, 5.41) is 16.2. The van der Waals surface area contributed by atoms with Crippen LogP contribution in [0.25, 0.3) is 0 Å². The molecular weight excluding hydrogens is 114 g/mol. The predicted molar refractivity (Wildman–Crippen MR) is 23.0 cm³/mol. The summed E-state index contributed by atoms with van der Waals surface area (Å²) >= 11 is 0. The molecule has 7 heavy (non-hydrogen) atoms. The molecule has 5 nitrogen and oxygen atoms in total. The summed E-state index contributed by atoms with van der Waals surface area (Å²) in [5.74, 6) is 0. The molecule has 0 spiro atoms. The van der Waals surface area contributed by atoms with E-state index < -0.39 is 11.0 Å². The number of nitrogens with zero attached hydrogens (tertiary/aromatic N) is 1. The fourth-order valence-corrected chi connectivity index (χ4v) is 0. The molecule has 0 unspecified atom stereocenters. The molecule has 0 rings (SSSR count). The third-order valence-corrected chi connectivity index (χ3v) is 0.156. The number of hydrogen-bond acceptors (Lipinski definition) is 3. The van der Waals surface area contributed by atoms with Crippen molar-refractivity contribution in [3.8, 4) is 0 Å². The van der Waals surface area contributed by atoms with Crippen LogP contribution in [0.5, 0.6) is 0 Å². The molecule has 0 aromatic heterocycles. The maximum absolute atomic E-state index is 9.00. The van der Waals surface area contributed by atoms with E-state index in [9.17, 15) is 0 Å². The number of nitro groups is 1. The topological polar surface area (TPSA) is 80.4 Å². The first-order valence-electron chi connectivity index (χ1n) is 1.02. The van der Waals surface area contributed by atoms with Gasteiger partial charge in [-0.2, -0.15) is 4.79 Å². The molecule has 0 bridgehead atoms. The van der Waals surface area contributed by atoms with Crippen LogP contribution in [0.4, 0.5) is 4.79 Å². The number of rotatable bonds is 0. The van der Waals surface area contributed by atoms with E-state index in [0.717, 1.165) is 0 Å². The van der Waals surface area contributed by atoms with E-state index in [4.69, 9.17) is 20.0 Å². The van der Waals surface area contributed by atoms with Crippen molar-refractivity contribution in [2.24, 2.45) is 0 Å². The van der Waals surface area contributed by atoms with Gasteiger partial charge in [0.2, 0.25) is 0 Å². The van der Waals surface area contributed by atoms with Crippen LogP contribution in [-0.2, 0) is 0 Å². The molecule has 0 atom stereocenters. The summed E-state index contributed by atoms with van der Waals surface area (Å²) in [4.78, 5) is 16.5. The van der Waals surface area contributed by atoms with Crippen molar-refractivity contribution in [2.75, 3.05) is 0 Å². The Balaban J connectivity index is -0.0000000417. The molecule has 6 heteroatoms. The van der Waals surface area contributed by atoms with Crippen molar-refractivity contribution in [3.63, 3.8) is 0 Å². The van der Waals surface area contributed by atoms with Crippen molar-refractivity contribution < 1.29 is 17.7 Å². The van der Waals surface area contributed by atoms with E-state index in [-0.39, 0.29) is 25.9 Å². The van der Waals surface area contributed by atoms with Crippen molar-refractivity contribution in [1.82, 2.24) is 0 Å². The van der Waals surface area contributed by atoms with Crippen molar-refractivity contribution >= 4 is 29.1 Å². The zero-order chi connectivity index (χ0) is 5.15. The summed E-state index contributed by atoms with van der Waals surface area (Å²) in [6.07, 6.45) is -2.02. The molecule has 0 saturated heterocycles. The van der Waals surface area contributed by atoms with Gasteiger partial charge in [0, 0.05) is 0 Å². The normalized spacial score (nSPS) is 6.29. The average molecular weight is 117 g/mol. The molecule has 0 aromatic carbocycles. The second kappa shape index (κ2) is 3.81. The van der Waals surface area contributed by atoms with E-state index in [1.807, 2.05) is 0 Å². The van der Waals surface area contributed by atoms with Crippen LogP contribution in [0.2, 0.25) is 0 Å². The van der Waals surface area contributed by atoms with E-state index >= 15 is 0 Å². The Morgan fingerprint density at radius 2 is 2.00 bits per heavy atom. The summed E-state index contributed by atoms with van der Waals surface area (Å²) in [6, 6.07) is 0. The molecule has 0 heterocycles. The zero-order valence-corrected chi connectivity index (χ0v) is 4.74. The number of hydrogen-bond donors (Lipinski definition) is 1. The van der Waals surface area contributed by atoms with Crippen LogP contribution in [0.1, 0.15) is 2.85 Å². The Morgan fingerprint density at radius 1 is 1.86 bits per heavy atom. The van der Waals surface area contributed by atoms with E-state index in [2.05, 4.69) is 0 Å². The van der Waals surface area contributed by atoms with Gasteiger partial charge in [-0.15, -0.1) is 0 Å². The minimum Gasteiger partial charge on any atom is -1.00 e. The minimum absolute atomic E-state index is 0. The Labute approximate surface area is 57.6 Å². The Bertz CT molecular complexity index is 84.6. The van der Waals surface area contributed by atoms with Gasteiger partial charge in [-0.3, -0.25) is 10.1 Å². The van der Waals surface area contributed by atoms with Crippen molar-refractivity contribution in [1.29, 1.82) is 0 Å². The second-order valence-corrected chi connectivity index (χ2v) is 0.540. The molecule has 0 aliphatic rings. The first-order chi connectivity index (χ1) is 2.64. The van der Waals surface area contributed by atoms with Gasteiger partial charge in [0.05, 0.1) is 0 Å². The summed E-state index contributed by atoms with van der Waals surface area (Å²) in [5.41, 5.74) is 0. The molecule has 1 amide bonds. The van der Waals surface area contributed by atoms with Crippen LogP contribution >= 0.6 is 0 Å².